The number of aromatic amines is 2. The number of carboxylic acids is 1. The Kier molecular flexibility index (Phi) is 2.48. The average molecular weight is 218 g/mol. The number of carbonyl (C=O) groups is 1. The molecule has 0 aromatic carbocycles. The second-order valence-electron chi connectivity index (χ2n) is 2.19. The van der Waals surface area contributed by atoms with E-state index in [1.165, 1.54) is 0 Å². The molecule has 0 spiro atoms. The summed E-state index contributed by atoms with van der Waals surface area (Å²) in [5, 5.41) is 7.51. The van der Waals surface area contributed by atoms with Gasteiger partial charge in [-0.2, -0.15) is 0 Å². The fraction of sp³-hybridized carbons (Fsp3) is 0. The van der Waals surface area contributed by atoms with Gasteiger partial charge < -0.3 is 10.1 Å². The van der Waals surface area contributed by atoms with E-state index in [2.05, 4.69) is 0 Å². The van der Waals surface area contributed by atoms with Gasteiger partial charge in [0.25, 0.3) is 5.56 Å². The summed E-state index contributed by atoms with van der Waals surface area (Å²) in [6.07, 6.45) is 0. The molecule has 1 heterocycles. The number of carboxylic acid groups (broad SMARTS) is 1. The molecule has 9 heteroatoms. The van der Waals surface area contributed by atoms with Crippen molar-refractivity contribution >= 4 is 19.0 Å². The maximum absolute atomic E-state index is 10.9. The largest absolute Gasteiger partial charge is 0.477 e. The number of hydrogen-bond donors (Lipinski definition) is 3. The molecular formula is C5H3N2O6P. The van der Waals surface area contributed by atoms with Crippen LogP contribution in [0.25, 0.3) is 0 Å². The summed E-state index contributed by atoms with van der Waals surface area (Å²) in [6, 6.07) is 0. The minimum absolute atomic E-state index is 0.935. The second-order valence-corrected chi connectivity index (χ2v) is 3.16. The van der Waals surface area contributed by atoms with Gasteiger partial charge in [-0.3, -0.25) is 9.78 Å². The molecule has 0 aliphatic heterocycles. The molecule has 74 valence electrons. The molecule has 0 amide bonds. The van der Waals surface area contributed by atoms with Crippen molar-refractivity contribution in [1.29, 1.82) is 0 Å². The van der Waals surface area contributed by atoms with Crippen molar-refractivity contribution < 1.29 is 19.0 Å². The Morgan fingerprint density at radius 2 is 1.79 bits per heavy atom. The van der Waals surface area contributed by atoms with E-state index in [-0.39, 0.29) is 0 Å². The van der Waals surface area contributed by atoms with E-state index in [4.69, 9.17) is 5.11 Å². The Morgan fingerprint density at radius 3 is 2.21 bits per heavy atom. The summed E-state index contributed by atoms with van der Waals surface area (Å²) < 4.78 is 21.0. The second kappa shape index (κ2) is 3.43. The van der Waals surface area contributed by atoms with Crippen LogP contribution in [0.3, 0.4) is 0 Å². The first kappa shape index (κ1) is 10.1. The van der Waals surface area contributed by atoms with Gasteiger partial charge in [0.05, 0.1) is 0 Å². The van der Waals surface area contributed by atoms with Crippen LogP contribution in [-0.2, 0) is 9.13 Å². The summed E-state index contributed by atoms with van der Waals surface area (Å²) in [6.45, 7) is 0. The zero-order valence-electron chi connectivity index (χ0n) is 6.44. The molecule has 0 unspecified atom stereocenters. The van der Waals surface area contributed by atoms with Gasteiger partial charge in [-0.05, 0) is 0 Å². The van der Waals surface area contributed by atoms with Crippen LogP contribution in [0.15, 0.2) is 9.59 Å². The standard InChI is InChI=1S/C5H3N2O6P/c8-3-2(14(12)13)1(4(9)10)6-5(11)7-3/h(H,9,10)(H2,6,7,8,11). The lowest BCUT2D eigenvalue weighted by atomic mass is 10.4. The van der Waals surface area contributed by atoms with Gasteiger partial charge in [0.1, 0.15) is 0 Å². The van der Waals surface area contributed by atoms with Crippen molar-refractivity contribution in [2.75, 3.05) is 0 Å². The van der Waals surface area contributed by atoms with Crippen molar-refractivity contribution in [3.8, 4) is 0 Å². The lowest BCUT2D eigenvalue weighted by Crippen LogP contribution is -2.37. The molecule has 0 saturated heterocycles. The van der Waals surface area contributed by atoms with Crippen LogP contribution in [-0.4, -0.2) is 21.0 Å². The quantitative estimate of drug-likeness (QED) is 0.519. The molecule has 1 aromatic heterocycles. The number of nitrogens with one attached hydrogen (secondary N) is 2. The molecule has 0 aliphatic carbocycles. The van der Waals surface area contributed by atoms with E-state index in [1.807, 2.05) is 0 Å². The Bertz CT molecular complexity index is 556. The highest BCUT2D eigenvalue weighted by atomic mass is 31.1. The summed E-state index contributed by atoms with van der Waals surface area (Å²) in [7, 11) is -3.38. The van der Waals surface area contributed by atoms with E-state index >= 15 is 0 Å². The first-order valence-corrected chi connectivity index (χ1v) is 4.35. The first-order chi connectivity index (χ1) is 6.43. The highest BCUT2D eigenvalue weighted by Gasteiger charge is 2.19. The van der Waals surface area contributed by atoms with Crippen molar-refractivity contribution in [3.05, 3.63) is 26.5 Å². The Balaban J connectivity index is 3.79. The predicted octanol–water partition coefficient (Wildman–Crippen LogP) is -1.44. The van der Waals surface area contributed by atoms with Crippen molar-refractivity contribution in [2.24, 2.45) is 0 Å². The lowest BCUT2D eigenvalue weighted by molar-refractivity contribution is 0.0691. The number of rotatable bonds is 2. The summed E-state index contributed by atoms with van der Waals surface area (Å²) >= 11 is 0. The van der Waals surface area contributed by atoms with Crippen molar-refractivity contribution in [2.45, 2.75) is 0 Å². The average Bonchev–Trinajstić information content (AvgIpc) is 2.01. The molecule has 3 N–H and O–H groups in total. The molecule has 0 radical (unpaired) electrons. The van der Waals surface area contributed by atoms with Crippen LogP contribution in [0.2, 0.25) is 0 Å². The molecule has 1 rings (SSSR count). The number of aromatic nitrogens is 2. The molecule has 0 aliphatic rings. The SMILES string of the molecule is O=C(O)c1[nH]c(=O)[nH]c(=O)c1P(=O)=O. The number of H-pyrrole nitrogens is 2. The molecular weight excluding hydrogens is 215 g/mol. The van der Waals surface area contributed by atoms with Gasteiger partial charge in [0.15, 0.2) is 11.0 Å². The van der Waals surface area contributed by atoms with Gasteiger partial charge in [0.2, 0.25) is 0 Å². The Labute approximate surface area is 75.4 Å². The van der Waals surface area contributed by atoms with Crippen molar-refractivity contribution in [3.63, 3.8) is 0 Å². The van der Waals surface area contributed by atoms with Gasteiger partial charge in [-0.25, -0.2) is 18.7 Å². The van der Waals surface area contributed by atoms with Gasteiger partial charge in [-0.1, -0.05) is 0 Å². The number of hydrogen-bond acceptors (Lipinski definition) is 5. The third kappa shape index (κ3) is 1.69. The fourth-order valence-corrected chi connectivity index (χ4v) is 1.36. The van der Waals surface area contributed by atoms with Crippen LogP contribution >= 0.6 is 7.68 Å². The molecule has 8 nitrogen and oxygen atoms in total. The fourth-order valence-electron chi connectivity index (χ4n) is 0.809. The van der Waals surface area contributed by atoms with Crippen molar-refractivity contribution in [1.82, 2.24) is 9.97 Å². The van der Waals surface area contributed by atoms with Gasteiger partial charge in [0, 0.05) is 0 Å². The van der Waals surface area contributed by atoms with Gasteiger partial charge in [-0.15, -0.1) is 0 Å². The highest BCUT2D eigenvalue weighted by Crippen LogP contribution is 2.01. The molecule has 0 saturated carbocycles. The predicted molar refractivity (Wildman–Crippen MR) is 42.6 cm³/mol. The zero-order chi connectivity index (χ0) is 10.9. The molecule has 0 fully saturated rings. The minimum Gasteiger partial charge on any atom is -0.477 e. The van der Waals surface area contributed by atoms with E-state index in [9.17, 15) is 23.5 Å². The van der Waals surface area contributed by atoms with E-state index in [1.54, 1.807) is 9.97 Å². The highest BCUT2D eigenvalue weighted by molar-refractivity contribution is 7.40. The van der Waals surface area contributed by atoms with E-state index < -0.39 is 35.9 Å². The van der Waals surface area contributed by atoms with Crippen LogP contribution in [0.1, 0.15) is 10.5 Å². The van der Waals surface area contributed by atoms with Crippen LogP contribution in [0.5, 0.6) is 0 Å². The third-order valence-corrected chi connectivity index (χ3v) is 2.11. The molecule has 0 atom stereocenters. The third-order valence-electron chi connectivity index (χ3n) is 1.31. The first-order valence-electron chi connectivity index (χ1n) is 3.17. The lowest BCUT2D eigenvalue weighted by Gasteiger charge is -1.94. The Hall–Kier alpha value is -1.95. The molecule has 1 aromatic rings. The van der Waals surface area contributed by atoms with Crippen LogP contribution < -0.4 is 16.6 Å². The maximum Gasteiger partial charge on any atom is 0.356 e. The summed E-state index contributed by atoms with van der Waals surface area (Å²) in [5.41, 5.74) is -3.26. The topological polar surface area (TPSA) is 137 Å². The van der Waals surface area contributed by atoms with E-state index in [0.717, 1.165) is 0 Å². The smallest absolute Gasteiger partial charge is 0.356 e. The summed E-state index contributed by atoms with van der Waals surface area (Å²) in [4.78, 5) is 35.2. The van der Waals surface area contributed by atoms with Gasteiger partial charge >= 0.3 is 19.3 Å². The number of aromatic carboxylic acids is 1. The zero-order valence-corrected chi connectivity index (χ0v) is 7.33. The summed E-state index contributed by atoms with van der Waals surface area (Å²) in [5.74, 6) is -1.69. The molecule has 14 heavy (non-hydrogen) atoms. The van der Waals surface area contributed by atoms with Crippen LogP contribution in [0.4, 0.5) is 0 Å². The Morgan fingerprint density at radius 1 is 1.21 bits per heavy atom. The minimum atomic E-state index is -3.38. The molecule has 0 bridgehead atoms. The van der Waals surface area contributed by atoms with Crippen LogP contribution in [0, 0.1) is 0 Å². The van der Waals surface area contributed by atoms with E-state index in [0.29, 0.717) is 0 Å². The monoisotopic (exact) mass is 218 g/mol. The normalized spacial score (nSPS) is 9.71. The maximum atomic E-state index is 10.9.